The van der Waals surface area contributed by atoms with Crippen molar-refractivity contribution in [3.63, 3.8) is 0 Å². The monoisotopic (exact) mass is 464 g/mol. The molecule has 0 spiro atoms. The topological polar surface area (TPSA) is 78.9 Å². The Balaban J connectivity index is 1.91. The van der Waals surface area contributed by atoms with Gasteiger partial charge in [-0.25, -0.2) is 9.59 Å². The molecule has 0 radical (unpaired) electrons. The second-order valence-electron chi connectivity index (χ2n) is 9.84. The van der Waals surface area contributed by atoms with Crippen molar-refractivity contribution < 1.29 is 28.6 Å². The summed E-state index contributed by atoms with van der Waals surface area (Å²) < 4.78 is 17.0. The first-order valence-corrected chi connectivity index (χ1v) is 13.2. The van der Waals surface area contributed by atoms with Crippen LogP contribution in [0, 0.1) is 11.8 Å². The lowest BCUT2D eigenvalue weighted by Gasteiger charge is -2.37. The number of hydrogen-bond acceptors (Lipinski definition) is 6. The number of unbranched alkanes of at least 4 members (excludes halogenated alkanes) is 2. The van der Waals surface area contributed by atoms with E-state index in [1.807, 2.05) is 0 Å². The summed E-state index contributed by atoms with van der Waals surface area (Å²) in [4.78, 5) is 37.8. The van der Waals surface area contributed by atoms with Crippen molar-refractivity contribution in [3.8, 4) is 0 Å². The molecule has 2 saturated carbocycles. The molecule has 0 aromatic rings. The number of hydrogen-bond donors (Lipinski definition) is 0. The van der Waals surface area contributed by atoms with Gasteiger partial charge in [0.1, 0.15) is 6.10 Å². The van der Waals surface area contributed by atoms with Crippen molar-refractivity contribution in [3.05, 3.63) is 12.7 Å². The average molecular weight is 465 g/mol. The number of carbonyl (C=O) groups is 3. The van der Waals surface area contributed by atoms with E-state index >= 15 is 0 Å². The highest BCUT2D eigenvalue weighted by Gasteiger charge is 2.48. The summed E-state index contributed by atoms with van der Waals surface area (Å²) in [7, 11) is 0. The van der Waals surface area contributed by atoms with Crippen molar-refractivity contribution >= 4 is 17.9 Å². The second kappa shape index (κ2) is 14.4. The van der Waals surface area contributed by atoms with E-state index in [2.05, 4.69) is 20.4 Å². The molecule has 2 aliphatic rings. The van der Waals surface area contributed by atoms with Crippen LogP contribution < -0.4 is 0 Å². The molecule has 1 unspecified atom stereocenters. The van der Waals surface area contributed by atoms with E-state index in [4.69, 9.17) is 14.2 Å². The van der Waals surface area contributed by atoms with Crippen LogP contribution in [0.3, 0.4) is 0 Å². The van der Waals surface area contributed by atoms with Gasteiger partial charge >= 0.3 is 17.9 Å². The van der Waals surface area contributed by atoms with Gasteiger partial charge in [-0.1, -0.05) is 52.5 Å². The molecule has 2 aliphatic carbocycles. The van der Waals surface area contributed by atoms with Gasteiger partial charge in [-0.2, -0.15) is 0 Å². The quantitative estimate of drug-likeness (QED) is 0.143. The Morgan fingerprint density at radius 1 is 0.970 bits per heavy atom. The summed E-state index contributed by atoms with van der Waals surface area (Å²) in [6, 6.07) is 0. The van der Waals surface area contributed by atoms with Crippen LogP contribution in [-0.4, -0.2) is 36.2 Å². The van der Waals surface area contributed by atoms with Gasteiger partial charge in [0.2, 0.25) is 5.60 Å². The number of ether oxygens (including phenoxy) is 3. The maximum Gasteiger partial charge on any atom is 0.350 e. The Morgan fingerprint density at radius 3 is 2.27 bits per heavy atom. The molecule has 2 rings (SSSR count). The Hall–Kier alpha value is -1.85. The van der Waals surface area contributed by atoms with E-state index in [-0.39, 0.29) is 30.8 Å². The third kappa shape index (κ3) is 8.78. The number of rotatable bonds is 13. The van der Waals surface area contributed by atoms with Crippen molar-refractivity contribution in [1.82, 2.24) is 0 Å². The summed E-state index contributed by atoms with van der Waals surface area (Å²) >= 11 is 0. The van der Waals surface area contributed by atoms with E-state index < -0.39 is 17.5 Å². The maximum atomic E-state index is 13.1. The lowest BCUT2D eigenvalue weighted by atomic mass is 9.78. The molecular weight excluding hydrogens is 420 g/mol. The Labute approximate surface area is 199 Å². The molecule has 0 N–H and O–H groups in total. The van der Waals surface area contributed by atoms with Crippen LogP contribution in [0.15, 0.2) is 12.7 Å². The van der Waals surface area contributed by atoms with Crippen molar-refractivity contribution in [1.29, 1.82) is 0 Å². The molecule has 0 saturated heterocycles. The van der Waals surface area contributed by atoms with E-state index in [0.717, 1.165) is 57.4 Å². The van der Waals surface area contributed by atoms with Crippen molar-refractivity contribution in [2.45, 2.75) is 122 Å². The molecule has 0 aromatic carbocycles. The van der Waals surface area contributed by atoms with Gasteiger partial charge in [0.25, 0.3) is 0 Å². The van der Waals surface area contributed by atoms with Gasteiger partial charge in [0.05, 0.1) is 12.5 Å². The first-order chi connectivity index (χ1) is 15.9. The Bertz CT molecular complexity index is 629. The van der Waals surface area contributed by atoms with Crippen molar-refractivity contribution in [2.24, 2.45) is 11.8 Å². The fraction of sp³-hybridized carbons (Fsp3) is 0.815. The van der Waals surface area contributed by atoms with Crippen LogP contribution in [0.4, 0.5) is 0 Å². The first kappa shape index (κ1) is 27.4. The minimum absolute atomic E-state index is 0.114. The van der Waals surface area contributed by atoms with Gasteiger partial charge < -0.3 is 14.2 Å². The molecule has 0 heterocycles. The predicted octanol–water partition coefficient (Wildman–Crippen LogP) is 6.06. The highest BCUT2D eigenvalue weighted by molar-refractivity contribution is 5.88. The lowest BCUT2D eigenvalue weighted by Crippen LogP contribution is -2.49. The second-order valence-corrected chi connectivity index (χ2v) is 9.84. The fourth-order valence-corrected chi connectivity index (χ4v) is 5.06. The molecule has 6 nitrogen and oxygen atoms in total. The molecule has 188 valence electrons. The third-order valence-corrected chi connectivity index (χ3v) is 7.16. The average Bonchev–Trinajstić information content (AvgIpc) is 2.83. The van der Waals surface area contributed by atoms with Crippen LogP contribution in [0.5, 0.6) is 0 Å². The highest BCUT2D eigenvalue weighted by atomic mass is 16.6. The standard InChI is InChI=1S/C27H44O6/c1-4-7-9-13-21(12-5-2)20-31-25(29)22-16-18-27(19-17-22,33-24(28)6-3)26(30)32-23-14-10-8-11-15-23/h6,21-23H,3-5,7-20H2,1-2H3. The SMILES string of the molecule is C=CC(=O)OC1(C(=O)OC2CCCCC2)CCC(C(=O)OCC(CCC)CCCCC)CC1. The van der Waals surface area contributed by atoms with Crippen molar-refractivity contribution in [2.75, 3.05) is 6.61 Å². The van der Waals surface area contributed by atoms with Gasteiger partial charge in [0, 0.05) is 6.08 Å². The van der Waals surface area contributed by atoms with Crippen LogP contribution in [0.25, 0.3) is 0 Å². The maximum absolute atomic E-state index is 13.1. The van der Waals surface area contributed by atoms with Gasteiger partial charge in [-0.05, 0) is 70.1 Å². The molecule has 33 heavy (non-hydrogen) atoms. The zero-order chi connectivity index (χ0) is 24.1. The summed E-state index contributed by atoms with van der Waals surface area (Å²) in [6.07, 6.45) is 14.1. The molecular formula is C27H44O6. The lowest BCUT2D eigenvalue weighted by molar-refractivity contribution is -0.191. The van der Waals surface area contributed by atoms with E-state index in [1.165, 1.54) is 19.3 Å². The summed E-state index contributed by atoms with van der Waals surface area (Å²) in [5.41, 5.74) is -1.33. The molecule has 6 heteroatoms. The zero-order valence-corrected chi connectivity index (χ0v) is 20.8. The van der Waals surface area contributed by atoms with E-state index in [0.29, 0.717) is 25.4 Å². The predicted molar refractivity (Wildman–Crippen MR) is 127 cm³/mol. The summed E-state index contributed by atoms with van der Waals surface area (Å²) in [5.74, 6) is -1.18. The molecule has 0 aromatic heterocycles. The minimum atomic E-state index is -1.33. The van der Waals surface area contributed by atoms with Crippen LogP contribution >= 0.6 is 0 Å². The molecule has 2 fully saturated rings. The Kier molecular flexibility index (Phi) is 12.0. The van der Waals surface area contributed by atoms with Crippen LogP contribution in [-0.2, 0) is 28.6 Å². The van der Waals surface area contributed by atoms with E-state index in [9.17, 15) is 14.4 Å². The Morgan fingerprint density at radius 2 is 1.67 bits per heavy atom. The molecule has 0 amide bonds. The number of carbonyl (C=O) groups excluding carboxylic acids is 3. The van der Waals surface area contributed by atoms with Gasteiger partial charge in [0.15, 0.2) is 0 Å². The highest BCUT2D eigenvalue weighted by Crippen LogP contribution is 2.38. The van der Waals surface area contributed by atoms with Gasteiger partial charge in [-0.3, -0.25) is 4.79 Å². The summed E-state index contributed by atoms with van der Waals surface area (Å²) in [6.45, 7) is 8.27. The smallest absolute Gasteiger partial charge is 0.350 e. The molecule has 0 aliphatic heterocycles. The first-order valence-electron chi connectivity index (χ1n) is 13.2. The fourth-order valence-electron chi connectivity index (χ4n) is 5.06. The zero-order valence-electron chi connectivity index (χ0n) is 20.8. The van der Waals surface area contributed by atoms with Crippen LogP contribution in [0.2, 0.25) is 0 Å². The normalized spacial score (nSPS) is 24.5. The van der Waals surface area contributed by atoms with Gasteiger partial charge in [-0.15, -0.1) is 0 Å². The molecule has 0 bridgehead atoms. The molecule has 1 atom stereocenters. The summed E-state index contributed by atoms with van der Waals surface area (Å²) in [5, 5.41) is 0. The minimum Gasteiger partial charge on any atom is -0.465 e. The van der Waals surface area contributed by atoms with Crippen LogP contribution in [0.1, 0.15) is 110 Å². The third-order valence-electron chi connectivity index (χ3n) is 7.16. The largest absolute Gasteiger partial charge is 0.465 e. The number of esters is 3. The van der Waals surface area contributed by atoms with E-state index in [1.54, 1.807) is 0 Å².